The maximum atomic E-state index is 13.3. The average Bonchev–Trinajstić information content (AvgIpc) is 3.12. The molecule has 0 saturated heterocycles. The lowest BCUT2D eigenvalue weighted by Gasteiger charge is -2.12. The van der Waals surface area contributed by atoms with E-state index >= 15 is 0 Å². The Balaban J connectivity index is 2.21. The zero-order chi connectivity index (χ0) is 21.3. The maximum absolute atomic E-state index is 13.3. The molecule has 1 heterocycles. The number of hydrogen-bond acceptors (Lipinski definition) is 5. The third kappa shape index (κ3) is 4.14. The summed E-state index contributed by atoms with van der Waals surface area (Å²) in [6.07, 6.45) is -2.80. The third-order valence-corrected chi connectivity index (χ3v) is 5.42. The molecular weight excluding hydrogens is 404 g/mol. The number of primary sulfonamides is 1. The molecule has 1 aromatic heterocycles. The summed E-state index contributed by atoms with van der Waals surface area (Å²) in [5.41, 5.74) is 1.70. The minimum Gasteiger partial charge on any atom is -0.496 e. The molecule has 154 valence electrons. The quantitative estimate of drug-likeness (QED) is 0.634. The number of aliphatic hydroxyl groups is 1. The third-order valence-electron chi connectivity index (χ3n) is 4.41. The average molecular weight is 423 g/mol. The van der Waals surface area contributed by atoms with Crippen molar-refractivity contribution >= 4 is 10.0 Å². The highest BCUT2D eigenvalue weighted by atomic mass is 32.2. The molecule has 0 bridgehead atoms. The van der Waals surface area contributed by atoms with Gasteiger partial charge >= 0.3 is 0 Å². The maximum Gasteiger partial charge on any atom is 0.282 e. The van der Waals surface area contributed by atoms with Gasteiger partial charge in [-0.2, -0.15) is 5.10 Å². The van der Waals surface area contributed by atoms with Crippen LogP contribution in [0.5, 0.6) is 5.75 Å². The van der Waals surface area contributed by atoms with Crippen molar-refractivity contribution < 1.29 is 27.0 Å². The molecule has 0 aliphatic rings. The largest absolute Gasteiger partial charge is 0.496 e. The summed E-state index contributed by atoms with van der Waals surface area (Å²) in [6, 6.07) is 10.4. The van der Waals surface area contributed by atoms with Crippen molar-refractivity contribution in [1.82, 2.24) is 9.78 Å². The molecule has 0 fully saturated rings. The fourth-order valence-electron chi connectivity index (χ4n) is 3.04. The molecule has 3 rings (SSSR count). The topological polar surface area (TPSA) is 107 Å². The molecule has 0 atom stereocenters. The number of ether oxygens (including phenoxy) is 1. The molecule has 10 heteroatoms. The number of hydrogen-bond donors (Lipinski definition) is 2. The lowest BCUT2D eigenvalue weighted by Crippen LogP contribution is -2.15. The van der Waals surface area contributed by atoms with Gasteiger partial charge < -0.3 is 9.84 Å². The van der Waals surface area contributed by atoms with Crippen LogP contribution in [0.3, 0.4) is 0 Å². The van der Waals surface area contributed by atoms with E-state index in [1.54, 1.807) is 18.2 Å². The standard InChI is InChI=1S/C19H19F2N3O4S/c1-11-7-12(3-5-17(11)28-2)16-9-15(19(20)21)23-24(16)14-4-6-18(29(22,26)27)13(8-14)10-25/h3-9,19,25H,10H2,1-2H3,(H2,22,26,27). The molecule has 0 aliphatic carbocycles. The molecule has 0 radical (unpaired) electrons. The minimum atomic E-state index is -4.05. The lowest BCUT2D eigenvalue weighted by atomic mass is 10.1. The summed E-state index contributed by atoms with van der Waals surface area (Å²) in [5, 5.41) is 18.7. The first-order valence-electron chi connectivity index (χ1n) is 8.45. The van der Waals surface area contributed by atoms with Crippen LogP contribution in [0.2, 0.25) is 0 Å². The van der Waals surface area contributed by atoms with Gasteiger partial charge in [0.1, 0.15) is 11.4 Å². The summed E-state index contributed by atoms with van der Waals surface area (Å²) in [5.74, 6) is 0.647. The van der Waals surface area contributed by atoms with Crippen LogP contribution < -0.4 is 9.88 Å². The van der Waals surface area contributed by atoms with Gasteiger partial charge in [0.15, 0.2) is 0 Å². The van der Waals surface area contributed by atoms with Gasteiger partial charge in [-0.15, -0.1) is 0 Å². The monoisotopic (exact) mass is 423 g/mol. The van der Waals surface area contributed by atoms with Crippen LogP contribution >= 0.6 is 0 Å². The molecule has 0 amide bonds. The Morgan fingerprint density at radius 3 is 2.48 bits per heavy atom. The predicted molar refractivity (Wildman–Crippen MR) is 103 cm³/mol. The van der Waals surface area contributed by atoms with E-state index in [0.29, 0.717) is 22.7 Å². The normalized spacial score (nSPS) is 11.8. The fourth-order valence-corrected chi connectivity index (χ4v) is 3.79. The number of aryl methyl sites for hydroxylation is 1. The highest BCUT2D eigenvalue weighted by molar-refractivity contribution is 7.89. The summed E-state index contributed by atoms with van der Waals surface area (Å²) >= 11 is 0. The van der Waals surface area contributed by atoms with Crippen LogP contribution in [0.4, 0.5) is 8.78 Å². The fraction of sp³-hybridized carbons (Fsp3) is 0.211. The number of rotatable bonds is 6. The number of aromatic nitrogens is 2. The van der Waals surface area contributed by atoms with E-state index in [0.717, 1.165) is 5.56 Å². The van der Waals surface area contributed by atoms with Crippen molar-refractivity contribution in [2.45, 2.75) is 24.9 Å². The number of benzene rings is 2. The van der Waals surface area contributed by atoms with Crippen molar-refractivity contribution in [2.75, 3.05) is 7.11 Å². The van der Waals surface area contributed by atoms with E-state index in [9.17, 15) is 22.3 Å². The number of aliphatic hydroxyl groups excluding tert-OH is 1. The Morgan fingerprint density at radius 1 is 1.21 bits per heavy atom. The summed E-state index contributed by atoms with van der Waals surface area (Å²) in [7, 11) is -2.52. The first-order chi connectivity index (χ1) is 13.7. The Morgan fingerprint density at radius 2 is 1.93 bits per heavy atom. The second-order valence-corrected chi connectivity index (χ2v) is 7.88. The van der Waals surface area contributed by atoms with Gasteiger partial charge in [-0.05, 0) is 60.5 Å². The number of halogens is 2. The first-order valence-corrected chi connectivity index (χ1v) is 10.0. The van der Waals surface area contributed by atoms with Gasteiger partial charge in [0, 0.05) is 5.56 Å². The van der Waals surface area contributed by atoms with Gasteiger partial charge in [0.25, 0.3) is 6.43 Å². The van der Waals surface area contributed by atoms with Crippen LogP contribution in [0, 0.1) is 6.92 Å². The van der Waals surface area contributed by atoms with Gasteiger partial charge in [0.05, 0.1) is 30.0 Å². The van der Waals surface area contributed by atoms with Gasteiger partial charge in [0.2, 0.25) is 10.0 Å². The van der Waals surface area contributed by atoms with E-state index < -0.39 is 28.7 Å². The van der Waals surface area contributed by atoms with Crippen LogP contribution in [0.25, 0.3) is 16.9 Å². The van der Waals surface area contributed by atoms with Gasteiger partial charge in [-0.25, -0.2) is 27.0 Å². The molecule has 0 unspecified atom stereocenters. The summed E-state index contributed by atoms with van der Waals surface area (Å²) in [4.78, 5) is -0.244. The van der Waals surface area contributed by atoms with Crippen molar-refractivity contribution in [1.29, 1.82) is 0 Å². The zero-order valence-electron chi connectivity index (χ0n) is 15.6. The molecule has 2 aromatic carbocycles. The van der Waals surface area contributed by atoms with Crippen LogP contribution in [-0.2, 0) is 16.6 Å². The Kier molecular flexibility index (Phi) is 5.69. The minimum absolute atomic E-state index is 0.0379. The second kappa shape index (κ2) is 7.90. The number of alkyl halides is 2. The first kappa shape index (κ1) is 20.9. The zero-order valence-corrected chi connectivity index (χ0v) is 16.5. The van der Waals surface area contributed by atoms with Crippen LogP contribution in [0.15, 0.2) is 47.4 Å². The molecule has 0 spiro atoms. The molecule has 0 aliphatic heterocycles. The SMILES string of the molecule is COc1ccc(-c2cc(C(F)F)nn2-c2ccc(S(N)(=O)=O)c(CO)c2)cc1C. The second-order valence-electron chi connectivity index (χ2n) is 6.35. The molecule has 3 aromatic rings. The predicted octanol–water partition coefficient (Wildman–Crippen LogP) is 2.93. The van der Waals surface area contributed by atoms with Crippen LogP contribution in [0.1, 0.15) is 23.2 Å². The Labute approximate surface area is 166 Å². The number of nitrogens with two attached hydrogens (primary N) is 1. The van der Waals surface area contributed by atoms with E-state index in [1.165, 1.54) is 36.1 Å². The van der Waals surface area contributed by atoms with Crippen molar-refractivity contribution in [2.24, 2.45) is 5.14 Å². The van der Waals surface area contributed by atoms with Crippen molar-refractivity contribution in [3.63, 3.8) is 0 Å². The molecule has 3 N–H and O–H groups in total. The Hall–Kier alpha value is -2.82. The highest BCUT2D eigenvalue weighted by Gasteiger charge is 2.20. The molecule has 29 heavy (non-hydrogen) atoms. The summed E-state index contributed by atoms with van der Waals surface area (Å²) in [6.45, 7) is 1.22. The molecule has 0 saturated carbocycles. The van der Waals surface area contributed by atoms with Crippen molar-refractivity contribution in [3.05, 3.63) is 59.3 Å². The van der Waals surface area contributed by atoms with E-state index in [1.807, 2.05) is 6.92 Å². The summed E-state index contributed by atoms with van der Waals surface area (Å²) < 4.78 is 56.5. The number of sulfonamides is 1. The number of methoxy groups -OCH3 is 1. The van der Waals surface area contributed by atoms with E-state index in [4.69, 9.17) is 9.88 Å². The smallest absolute Gasteiger partial charge is 0.282 e. The molecular formula is C19H19F2N3O4S. The Bertz CT molecular complexity index is 1160. The van der Waals surface area contributed by atoms with Gasteiger partial charge in [-0.3, -0.25) is 0 Å². The lowest BCUT2D eigenvalue weighted by molar-refractivity contribution is 0.145. The van der Waals surface area contributed by atoms with E-state index in [-0.39, 0.29) is 10.5 Å². The van der Waals surface area contributed by atoms with Crippen molar-refractivity contribution in [3.8, 4) is 22.7 Å². The van der Waals surface area contributed by atoms with E-state index in [2.05, 4.69) is 5.10 Å². The number of nitrogens with zero attached hydrogens (tertiary/aromatic N) is 2. The highest BCUT2D eigenvalue weighted by Crippen LogP contribution is 2.31. The van der Waals surface area contributed by atoms with Crippen LogP contribution in [-0.4, -0.2) is 30.4 Å². The van der Waals surface area contributed by atoms with Gasteiger partial charge in [-0.1, -0.05) is 0 Å². The molecule has 7 nitrogen and oxygen atoms in total.